The molecule has 1 saturated heterocycles. The Morgan fingerprint density at radius 2 is 2.29 bits per heavy atom. The number of aromatic nitrogens is 2. The third kappa shape index (κ3) is 2.66. The van der Waals surface area contributed by atoms with Crippen LogP contribution in [-0.2, 0) is 18.4 Å². The minimum absolute atomic E-state index is 0.141. The van der Waals surface area contributed by atoms with Crippen LogP contribution in [0.25, 0.3) is 0 Å². The monoisotopic (exact) mass is 236 g/mol. The molecule has 2 rings (SSSR count). The van der Waals surface area contributed by atoms with Gasteiger partial charge in [0.05, 0.1) is 6.54 Å². The summed E-state index contributed by atoms with van der Waals surface area (Å²) >= 11 is 0. The van der Waals surface area contributed by atoms with Gasteiger partial charge in [0.15, 0.2) is 0 Å². The van der Waals surface area contributed by atoms with Crippen molar-refractivity contribution >= 4 is 5.91 Å². The van der Waals surface area contributed by atoms with Crippen LogP contribution in [0.4, 0.5) is 0 Å². The van der Waals surface area contributed by atoms with Crippen molar-refractivity contribution in [2.75, 3.05) is 13.1 Å². The van der Waals surface area contributed by atoms with Crippen molar-refractivity contribution in [1.82, 2.24) is 20.2 Å². The highest BCUT2D eigenvalue weighted by Crippen LogP contribution is 2.27. The molecule has 94 valence electrons. The Bertz CT molecular complexity index is 393. The molecule has 1 aliphatic rings. The van der Waals surface area contributed by atoms with E-state index in [1.54, 1.807) is 6.20 Å². The Kier molecular flexibility index (Phi) is 3.47. The van der Waals surface area contributed by atoms with E-state index in [0.717, 1.165) is 31.8 Å². The van der Waals surface area contributed by atoms with Crippen molar-refractivity contribution in [3.63, 3.8) is 0 Å². The molecule has 2 N–H and O–H groups in total. The molecular formula is C12H20N4O. The van der Waals surface area contributed by atoms with Gasteiger partial charge in [0.1, 0.15) is 5.82 Å². The molecule has 0 bridgehead atoms. The van der Waals surface area contributed by atoms with Crippen LogP contribution in [0.15, 0.2) is 12.4 Å². The lowest BCUT2D eigenvalue weighted by Crippen LogP contribution is -2.45. The van der Waals surface area contributed by atoms with Gasteiger partial charge in [0, 0.05) is 24.9 Å². The summed E-state index contributed by atoms with van der Waals surface area (Å²) in [5, 5.41) is 6.26. The minimum atomic E-state index is -0.226. The fourth-order valence-electron chi connectivity index (χ4n) is 2.15. The molecule has 5 nitrogen and oxygen atoms in total. The van der Waals surface area contributed by atoms with Gasteiger partial charge in [-0.15, -0.1) is 0 Å². The predicted molar refractivity (Wildman–Crippen MR) is 65.3 cm³/mol. The van der Waals surface area contributed by atoms with E-state index in [1.165, 1.54) is 0 Å². The summed E-state index contributed by atoms with van der Waals surface area (Å²) in [4.78, 5) is 16.3. The van der Waals surface area contributed by atoms with Crippen LogP contribution in [-0.4, -0.2) is 28.5 Å². The van der Waals surface area contributed by atoms with Gasteiger partial charge < -0.3 is 15.2 Å². The molecule has 0 atom stereocenters. The molecule has 0 aliphatic carbocycles. The van der Waals surface area contributed by atoms with Crippen molar-refractivity contribution in [2.45, 2.75) is 26.3 Å². The van der Waals surface area contributed by atoms with Crippen LogP contribution < -0.4 is 10.6 Å². The number of nitrogens with one attached hydrogen (secondary N) is 2. The maximum atomic E-state index is 12.2. The molecule has 1 aliphatic heterocycles. The summed E-state index contributed by atoms with van der Waals surface area (Å²) in [6.45, 7) is 4.39. The van der Waals surface area contributed by atoms with Crippen molar-refractivity contribution in [2.24, 2.45) is 12.5 Å². The number of hydrogen-bond acceptors (Lipinski definition) is 3. The number of carbonyl (C=O) groups is 1. The first-order valence-corrected chi connectivity index (χ1v) is 6.07. The van der Waals surface area contributed by atoms with E-state index in [4.69, 9.17) is 0 Å². The molecule has 5 heteroatoms. The van der Waals surface area contributed by atoms with Crippen LogP contribution >= 0.6 is 0 Å². The van der Waals surface area contributed by atoms with Gasteiger partial charge in [0.2, 0.25) is 5.91 Å². The number of nitrogens with zero attached hydrogens (tertiary/aromatic N) is 2. The van der Waals surface area contributed by atoms with Crippen LogP contribution in [0.2, 0.25) is 0 Å². The predicted octanol–water partition coefficient (Wildman–Crippen LogP) is 0.426. The largest absolute Gasteiger partial charge is 0.348 e. The molecule has 1 aromatic heterocycles. The second-order valence-corrected chi connectivity index (χ2v) is 4.95. The molecule has 17 heavy (non-hydrogen) atoms. The van der Waals surface area contributed by atoms with Crippen molar-refractivity contribution in [3.05, 3.63) is 18.2 Å². The third-order valence-corrected chi connectivity index (χ3v) is 3.58. The average molecular weight is 236 g/mol. The SMILES string of the molecule is Cn1ccnc1CNC(=O)C1(C)CCNCC1. The fourth-order valence-corrected chi connectivity index (χ4v) is 2.15. The van der Waals surface area contributed by atoms with Crippen molar-refractivity contribution < 1.29 is 4.79 Å². The first-order valence-electron chi connectivity index (χ1n) is 6.07. The molecule has 0 unspecified atom stereocenters. The summed E-state index contributed by atoms with van der Waals surface area (Å²) in [6.07, 6.45) is 5.43. The van der Waals surface area contributed by atoms with Crippen LogP contribution in [0.3, 0.4) is 0 Å². The Balaban J connectivity index is 1.91. The Labute approximate surface area is 102 Å². The Morgan fingerprint density at radius 3 is 2.88 bits per heavy atom. The third-order valence-electron chi connectivity index (χ3n) is 3.58. The highest BCUT2D eigenvalue weighted by molar-refractivity contribution is 5.82. The highest BCUT2D eigenvalue weighted by Gasteiger charge is 2.34. The van der Waals surface area contributed by atoms with Gasteiger partial charge in [-0.2, -0.15) is 0 Å². The summed E-state index contributed by atoms with van der Waals surface area (Å²) in [5.74, 6) is 1.03. The topological polar surface area (TPSA) is 59.0 Å². The fraction of sp³-hybridized carbons (Fsp3) is 0.667. The van der Waals surface area contributed by atoms with Gasteiger partial charge in [-0.25, -0.2) is 4.98 Å². The van der Waals surface area contributed by atoms with E-state index in [1.807, 2.05) is 24.7 Å². The van der Waals surface area contributed by atoms with E-state index in [2.05, 4.69) is 15.6 Å². The molecule has 1 amide bonds. The van der Waals surface area contributed by atoms with E-state index in [-0.39, 0.29) is 11.3 Å². The normalized spacial score (nSPS) is 18.9. The lowest BCUT2D eigenvalue weighted by atomic mass is 9.80. The maximum absolute atomic E-state index is 12.2. The van der Waals surface area contributed by atoms with E-state index < -0.39 is 0 Å². The Hall–Kier alpha value is -1.36. The van der Waals surface area contributed by atoms with Crippen LogP contribution in [0, 0.1) is 5.41 Å². The number of piperidine rings is 1. The molecule has 1 fully saturated rings. The lowest BCUT2D eigenvalue weighted by molar-refractivity contribution is -0.131. The average Bonchev–Trinajstić information content (AvgIpc) is 2.73. The van der Waals surface area contributed by atoms with Gasteiger partial charge in [0.25, 0.3) is 0 Å². The molecular weight excluding hydrogens is 216 g/mol. The first-order chi connectivity index (χ1) is 8.12. The zero-order valence-corrected chi connectivity index (χ0v) is 10.5. The zero-order valence-electron chi connectivity index (χ0n) is 10.5. The first kappa shape index (κ1) is 12.1. The van der Waals surface area contributed by atoms with Gasteiger partial charge in [-0.3, -0.25) is 4.79 Å². The highest BCUT2D eigenvalue weighted by atomic mass is 16.2. The van der Waals surface area contributed by atoms with Gasteiger partial charge in [-0.05, 0) is 25.9 Å². The lowest BCUT2D eigenvalue weighted by Gasteiger charge is -2.32. The zero-order chi connectivity index (χ0) is 12.3. The van der Waals surface area contributed by atoms with Gasteiger partial charge >= 0.3 is 0 Å². The summed E-state index contributed by atoms with van der Waals surface area (Å²) in [5.41, 5.74) is -0.226. The van der Waals surface area contributed by atoms with Crippen LogP contribution in [0.1, 0.15) is 25.6 Å². The number of hydrogen-bond donors (Lipinski definition) is 2. The molecule has 1 aromatic rings. The van der Waals surface area contributed by atoms with E-state index in [0.29, 0.717) is 6.54 Å². The Morgan fingerprint density at radius 1 is 1.59 bits per heavy atom. The quantitative estimate of drug-likeness (QED) is 0.800. The summed E-state index contributed by atoms with van der Waals surface area (Å²) in [6, 6.07) is 0. The molecule has 0 saturated carbocycles. The number of imidazole rings is 1. The molecule has 0 spiro atoms. The van der Waals surface area contributed by atoms with Crippen molar-refractivity contribution in [1.29, 1.82) is 0 Å². The minimum Gasteiger partial charge on any atom is -0.348 e. The standard InChI is InChI=1S/C12H20N4O/c1-12(3-5-13-6-4-12)11(17)15-9-10-14-7-8-16(10)2/h7-8,13H,3-6,9H2,1-2H3,(H,15,17). The van der Waals surface area contributed by atoms with E-state index >= 15 is 0 Å². The second kappa shape index (κ2) is 4.87. The molecule has 0 aromatic carbocycles. The second-order valence-electron chi connectivity index (χ2n) is 4.95. The molecule has 2 heterocycles. The number of rotatable bonds is 3. The van der Waals surface area contributed by atoms with E-state index in [9.17, 15) is 4.79 Å². The summed E-state index contributed by atoms with van der Waals surface area (Å²) < 4.78 is 1.92. The number of carbonyl (C=O) groups excluding carboxylic acids is 1. The van der Waals surface area contributed by atoms with Crippen molar-refractivity contribution in [3.8, 4) is 0 Å². The van der Waals surface area contributed by atoms with Crippen LogP contribution in [0.5, 0.6) is 0 Å². The summed E-state index contributed by atoms with van der Waals surface area (Å²) in [7, 11) is 1.93. The number of aryl methyl sites for hydroxylation is 1. The number of amides is 1. The molecule has 0 radical (unpaired) electrons. The van der Waals surface area contributed by atoms with Gasteiger partial charge in [-0.1, -0.05) is 6.92 Å². The smallest absolute Gasteiger partial charge is 0.226 e. The maximum Gasteiger partial charge on any atom is 0.226 e.